The fourth-order valence-electron chi connectivity index (χ4n) is 2.84. The van der Waals surface area contributed by atoms with Crippen molar-refractivity contribution in [2.24, 2.45) is 11.8 Å². The molecule has 3 unspecified atom stereocenters. The molecule has 0 heterocycles. The van der Waals surface area contributed by atoms with Gasteiger partial charge in [0, 0.05) is 6.04 Å². The van der Waals surface area contributed by atoms with Crippen LogP contribution in [0, 0.1) is 30.1 Å². The minimum Gasteiger partial charge on any atom is -0.381 e. The molecule has 1 fully saturated rings. The largest absolute Gasteiger partial charge is 0.381 e. The second-order valence-corrected chi connectivity index (χ2v) is 5.72. The van der Waals surface area contributed by atoms with Gasteiger partial charge in [0.15, 0.2) is 0 Å². The van der Waals surface area contributed by atoms with Crippen LogP contribution in [0.4, 0.5) is 5.69 Å². The van der Waals surface area contributed by atoms with Crippen molar-refractivity contribution in [3.63, 3.8) is 0 Å². The Morgan fingerprint density at radius 3 is 2.67 bits per heavy atom. The molecule has 0 saturated heterocycles. The summed E-state index contributed by atoms with van der Waals surface area (Å²) in [5.74, 6) is 1.60. The first-order chi connectivity index (χ1) is 8.61. The Labute approximate surface area is 110 Å². The van der Waals surface area contributed by atoms with Crippen molar-refractivity contribution in [2.45, 2.75) is 46.1 Å². The number of para-hydroxylation sites is 1. The van der Waals surface area contributed by atoms with Crippen LogP contribution >= 0.6 is 0 Å². The number of hydrogen-bond donors (Lipinski definition) is 1. The van der Waals surface area contributed by atoms with Crippen LogP contribution < -0.4 is 5.32 Å². The van der Waals surface area contributed by atoms with Crippen LogP contribution in [0.1, 0.15) is 44.2 Å². The standard InChI is InChI=1S/C16H22N2/c1-11-7-8-15(9-13(11)3)18-16-12(2)5-4-6-14(16)10-17/h4-6,11,13,15,18H,7-9H2,1-3H3. The number of aryl methyl sites for hydroxylation is 1. The van der Waals surface area contributed by atoms with Gasteiger partial charge in [0.25, 0.3) is 0 Å². The van der Waals surface area contributed by atoms with E-state index in [9.17, 15) is 5.26 Å². The molecule has 96 valence electrons. The summed E-state index contributed by atoms with van der Waals surface area (Å²) >= 11 is 0. The molecular weight excluding hydrogens is 220 g/mol. The Kier molecular flexibility index (Phi) is 3.91. The highest BCUT2D eigenvalue weighted by Gasteiger charge is 2.25. The fourth-order valence-corrected chi connectivity index (χ4v) is 2.84. The number of benzene rings is 1. The third kappa shape index (κ3) is 2.67. The van der Waals surface area contributed by atoms with Crippen molar-refractivity contribution in [2.75, 3.05) is 5.32 Å². The van der Waals surface area contributed by atoms with Gasteiger partial charge in [-0.25, -0.2) is 0 Å². The van der Waals surface area contributed by atoms with E-state index in [0.717, 1.165) is 23.1 Å². The van der Waals surface area contributed by atoms with E-state index in [2.05, 4.69) is 38.2 Å². The highest BCUT2D eigenvalue weighted by Crippen LogP contribution is 2.32. The third-order valence-electron chi connectivity index (χ3n) is 4.34. The average molecular weight is 242 g/mol. The van der Waals surface area contributed by atoms with E-state index >= 15 is 0 Å². The Morgan fingerprint density at radius 2 is 2.00 bits per heavy atom. The van der Waals surface area contributed by atoms with E-state index in [4.69, 9.17) is 0 Å². The third-order valence-corrected chi connectivity index (χ3v) is 4.34. The SMILES string of the molecule is Cc1cccc(C#N)c1NC1CCC(C)C(C)C1. The number of hydrogen-bond acceptors (Lipinski definition) is 2. The van der Waals surface area contributed by atoms with Gasteiger partial charge >= 0.3 is 0 Å². The molecular formula is C16H22N2. The zero-order chi connectivity index (χ0) is 13.1. The molecule has 2 heteroatoms. The Bertz CT molecular complexity index is 459. The van der Waals surface area contributed by atoms with E-state index in [1.807, 2.05) is 12.1 Å². The summed E-state index contributed by atoms with van der Waals surface area (Å²) in [5.41, 5.74) is 2.97. The van der Waals surface area contributed by atoms with E-state index < -0.39 is 0 Å². The smallest absolute Gasteiger partial charge is 0.101 e. The summed E-state index contributed by atoms with van der Waals surface area (Å²) in [7, 11) is 0. The van der Waals surface area contributed by atoms with E-state index in [-0.39, 0.29) is 0 Å². The van der Waals surface area contributed by atoms with E-state index in [1.165, 1.54) is 24.8 Å². The number of nitrogens with zero attached hydrogens (tertiary/aromatic N) is 1. The summed E-state index contributed by atoms with van der Waals surface area (Å²) in [6, 6.07) is 8.71. The lowest BCUT2D eigenvalue weighted by Gasteiger charge is -2.33. The van der Waals surface area contributed by atoms with E-state index in [1.54, 1.807) is 0 Å². The van der Waals surface area contributed by atoms with Crippen molar-refractivity contribution in [3.05, 3.63) is 29.3 Å². The molecule has 1 saturated carbocycles. The van der Waals surface area contributed by atoms with Crippen molar-refractivity contribution in [1.82, 2.24) is 0 Å². The number of nitriles is 1. The summed E-state index contributed by atoms with van der Waals surface area (Å²) in [4.78, 5) is 0. The lowest BCUT2D eigenvalue weighted by molar-refractivity contribution is 0.261. The van der Waals surface area contributed by atoms with Crippen LogP contribution in [0.2, 0.25) is 0 Å². The average Bonchev–Trinajstić information content (AvgIpc) is 2.36. The van der Waals surface area contributed by atoms with Crippen LogP contribution in [-0.4, -0.2) is 6.04 Å². The maximum Gasteiger partial charge on any atom is 0.101 e. The molecule has 18 heavy (non-hydrogen) atoms. The Morgan fingerprint density at radius 1 is 1.22 bits per heavy atom. The summed E-state index contributed by atoms with van der Waals surface area (Å²) in [5, 5.41) is 12.8. The molecule has 0 aliphatic heterocycles. The van der Waals surface area contributed by atoms with Crippen molar-refractivity contribution in [1.29, 1.82) is 5.26 Å². The van der Waals surface area contributed by atoms with E-state index in [0.29, 0.717) is 6.04 Å². The minimum absolute atomic E-state index is 0.518. The zero-order valence-corrected chi connectivity index (χ0v) is 11.5. The highest BCUT2D eigenvalue weighted by molar-refractivity contribution is 5.62. The molecule has 1 aromatic carbocycles. The van der Waals surface area contributed by atoms with Gasteiger partial charge in [-0.15, -0.1) is 0 Å². The molecule has 0 spiro atoms. The quantitative estimate of drug-likeness (QED) is 0.847. The maximum atomic E-state index is 9.18. The lowest BCUT2D eigenvalue weighted by Crippen LogP contribution is -2.30. The summed E-state index contributed by atoms with van der Waals surface area (Å²) in [6.45, 7) is 6.75. The second kappa shape index (κ2) is 5.44. The van der Waals surface area contributed by atoms with Gasteiger partial charge in [0.1, 0.15) is 6.07 Å². The first-order valence-electron chi connectivity index (χ1n) is 6.88. The first kappa shape index (κ1) is 13.0. The zero-order valence-electron chi connectivity index (χ0n) is 11.5. The summed E-state index contributed by atoms with van der Waals surface area (Å²) < 4.78 is 0. The van der Waals surface area contributed by atoms with Crippen LogP contribution in [0.5, 0.6) is 0 Å². The predicted octanol–water partition coefficient (Wildman–Crippen LogP) is 4.10. The van der Waals surface area contributed by atoms with Crippen molar-refractivity contribution in [3.8, 4) is 6.07 Å². The molecule has 1 aliphatic carbocycles. The van der Waals surface area contributed by atoms with Gasteiger partial charge in [0.05, 0.1) is 11.3 Å². The molecule has 2 nitrogen and oxygen atoms in total. The summed E-state index contributed by atoms with van der Waals surface area (Å²) in [6.07, 6.45) is 3.71. The first-order valence-corrected chi connectivity index (χ1v) is 6.88. The highest BCUT2D eigenvalue weighted by atomic mass is 14.9. The topological polar surface area (TPSA) is 35.8 Å². The Hall–Kier alpha value is -1.49. The Balaban J connectivity index is 2.13. The van der Waals surface area contributed by atoms with Crippen molar-refractivity contribution < 1.29 is 0 Å². The van der Waals surface area contributed by atoms with Gasteiger partial charge < -0.3 is 5.32 Å². The molecule has 1 N–H and O–H groups in total. The van der Waals surface area contributed by atoms with Crippen LogP contribution in [0.3, 0.4) is 0 Å². The van der Waals surface area contributed by atoms with Crippen molar-refractivity contribution >= 4 is 5.69 Å². The van der Waals surface area contributed by atoms with Gasteiger partial charge in [-0.3, -0.25) is 0 Å². The van der Waals surface area contributed by atoms with Gasteiger partial charge in [-0.2, -0.15) is 5.26 Å². The second-order valence-electron chi connectivity index (χ2n) is 5.72. The molecule has 3 atom stereocenters. The monoisotopic (exact) mass is 242 g/mol. The van der Waals surface area contributed by atoms with Crippen LogP contribution in [0.25, 0.3) is 0 Å². The molecule has 0 radical (unpaired) electrons. The molecule has 0 aromatic heterocycles. The molecule has 2 rings (SSSR count). The molecule has 0 bridgehead atoms. The predicted molar refractivity (Wildman–Crippen MR) is 75.5 cm³/mol. The maximum absolute atomic E-state index is 9.18. The van der Waals surface area contributed by atoms with Gasteiger partial charge in [-0.1, -0.05) is 26.0 Å². The molecule has 1 aromatic rings. The van der Waals surface area contributed by atoms with Crippen LogP contribution in [-0.2, 0) is 0 Å². The molecule has 0 amide bonds. The van der Waals surface area contributed by atoms with Gasteiger partial charge in [-0.05, 0) is 49.7 Å². The lowest BCUT2D eigenvalue weighted by atomic mass is 9.79. The van der Waals surface area contributed by atoms with Gasteiger partial charge in [0.2, 0.25) is 0 Å². The normalized spacial score (nSPS) is 27.6. The fraction of sp³-hybridized carbons (Fsp3) is 0.562. The number of nitrogens with one attached hydrogen (secondary N) is 1. The molecule has 1 aliphatic rings. The number of rotatable bonds is 2. The number of anilines is 1. The minimum atomic E-state index is 0.518. The van der Waals surface area contributed by atoms with Crippen LogP contribution in [0.15, 0.2) is 18.2 Å².